The maximum absolute atomic E-state index is 13.5. The molecule has 5 rings (SSSR count). The zero-order valence-corrected chi connectivity index (χ0v) is 18.9. The Morgan fingerprint density at radius 2 is 2.00 bits per heavy atom. The maximum atomic E-state index is 13.5. The molecular formula is C23H22N2O4S2. The summed E-state index contributed by atoms with van der Waals surface area (Å²) in [6, 6.07) is 6.41. The van der Waals surface area contributed by atoms with Gasteiger partial charge in [-0.3, -0.25) is 9.36 Å². The first-order valence-electron chi connectivity index (χ1n) is 10.3. The van der Waals surface area contributed by atoms with Gasteiger partial charge in [0.1, 0.15) is 16.2 Å². The Morgan fingerprint density at radius 1 is 1.23 bits per heavy atom. The summed E-state index contributed by atoms with van der Waals surface area (Å²) in [4.78, 5) is 32.3. The number of aryl methyl sites for hydroxylation is 2. The van der Waals surface area contributed by atoms with Crippen LogP contribution in [0.2, 0.25) is 0 Å². The molecule has 1 aliphatic carbocycles. The molecule has 1 saturated carbocycles. The number of hydrogen-bond acceptors (Lipinski definition) is 7. The number of phenolic OH excluding ortho intramolecular Hbond substituents is 1. The molecule has 1 aliphatic rings. The lowest BCUT2D eigenvalue weighted by Crippen LogP contribution is -2.26. The molecule has 0 unspecified atom stereocenters. The number of aromatic nitrogens is 2. The topological polar surface area (TPSA) is 85.3 Å². The van der Waals surface area contributed by atoms with E-state index in [1.807, 2.05) is 18.4 Å². The second kappa shape index (κ2) is 7.84. The van der Waals surface area contributed by atoms with E-state index in [9.17, 15) is 14.7 Å². The summed E-state index contributed by atoms with van der Waals surface area (Å²) in [5.41, 5.74) is 1.75. The number of fused-ring (bicyclic) bond motifs is 2. The molecule has 0 spiro atoms. The highest BCUT2D eigenvalue weighted by Gasteiger charge is 2.25. The monoisotopic (exact) mass is 454 g/mol. The van der Waals surface area contributed by atoms with Gasteiger partial charge in [-0.05, 0) is 49.9 Å². The highest BCUT2D eigenvalue weighted by Crippen LogP contribution is 2.36. The molecule has 0 atom stereocenters. The summed E-state index contributed by atoms with van der Waals surface area (Å²) in [6.07, 6.45) is 4.21. The fourth-order valence-corrected chi connectivity index (χ4v) is 6.48. The zero-order valence-electron chi connectivity index (χ0n) is 17.3. The summed E-state index contributed by atoms with van der Waals surface area (Å²) in [6.45, 7) is 4.02. The Bertz CT molecular complexity index is 1430. The zero-order chi connectivity index (χ0) is 21.7. The van der Waals surface area contributed by atoms with E-state index in [1.54, 1.807) is 23.5 Å². The Hall–Kier alpha value is -2.58. The van der Waals surface area contributed by atoms with Gasteiger partial charge in [-0.25, -0.2) is 9.78 Å². The molecule has 31 heavy (non-hydrogen) atoms. The molecule has 3 heterocycles. The van der Waals surface area contributed by atoms with Gasteiger partial charge in [0.2, 0.25) is 0 Å². The highest BCUT2D eigenvalue weighted by molar-refractivity contribution is 7.98. The van der Waals surface area contributed by atoms with Gasteiger partial charge in [-0.2, -0.15) is 0 Å². The third-order valence-corrected chi connectivity index (χ3v) is 8.17. The number of nitrogens with zero attached hydrogens (tertiary/aromatic N) is 2. The van der Waals surface area contributed by atoms with Crippen molar-refractivity contribution in [1.29, 1.82) is 0 Å². The lowest BCUT2D eigenvalue weighted by atomic mass is 10.1. The van der Waals surface area contributed by atoms with E-state index in [1.165, 1.54) is 23.9 Å². The van der Waals surface area contributed by atoms with E-state index in [2.05, 4.69) is 0 Å². The Kier molecular flexibility index (Phi) is 5.14. The average Bonchev–Trinajstić information content (AvgIpc) is 3.34. The van der Waals surface area contributed by atoms with Gasteiger partial charge in [0, 0.05) is 34.2 Å². The Balaban J connectivity index is 1.61. The van der Waals surface area contributed by atoms with Gasteiger partial charge < -0.3 is 9.52 Å². The van der Waals surface area contributed by atoms with Crippen molar-refractivity contribution in [1.82, 2.24) is 9.55 Å². The minimum atomic E-state index is -0.463. The molecule has 6 nitrogen and oxygen atoms in total. The van der Waals surface area contributed by atoms with Crippen LogP contribution in [-0.4, -0.2) is 14.7 Å². The van der Waals surface area contributed by atoms with Crippen LogP contribution in [0, 0.1) is 13.8 Å². The van der Waals surface area contributed by atoms with E-state index in [-0.39, 0.29) is 17.4 Å². The fraction of sp³-hybridized carbons (Fsp3) is 0.348. The molecule has 0 bridgehead atoms. The fourth-order valence-electron chi connectivity index (χ4n) is 4.35. The normalized spacial score (nSPS) is 14.8. The lowest BCUT2D eigenvalue weighted by molar-refractivity contribution is 0.458. The molecule has 160 valence electrons. The van der Waals surface area contributed by atoms with Crippen LogP contribution in [-0.2, 0) is 5.75 Å². The van der Waals surface area contributed by atoms with Gasteiger partial charge in [0.15, 0.2) is 5.16 Å². The standard InChI is InChI=1S/C23H22N2O4S2/c1-12-13(2)31-21-20(12)22(28)25(15-5-3-4-6-15)23(24-21)30-11-14-9-19(27)29-18-10-16(26)7-8-17(14)18/h7-10,15,26H,3-6,11H2,1-2H3. The van der Waals surface area contributed by atoms with Crippen LogP contribution >= 0.6 is 23.1 Å². The molecule has 0 aliphatic heterocycles. The van der Waals surface area contributed by atoms with E-state index in [4.69, 9.17) is 9.40 Å². The Morgan fingerprint density at radius 3 is 2.77 bits per heavy atom. The van der Waals surface area contributed by atoms with Crippen molar-refractivity contribution < 1.29 is 9.52 Å². The van der Waals surface area contributed by atoms with Crippen molar-refractivity contribution in [2.24, 2.45) is 0 Å². The van der Waals surface area contributed by atoms with Crippen LogP contribution in [0.15, 0.2) is 43.4 Å². The number of thioether (sulfide) groups is 1. The molecule has 3 aromatic heterocycles. The predicted octanol–water partition coefficient (Wildman–Crippen LogP) is 5.29. The number of phenols is 1. The van der Waals surface area contributed by atoms with Crippen molar-refractivity contribution >= 4 is 44.3 Å². The van der Waals surface area contributed by atoms with Gasteiger partial charge in [0.25, 0.3) is 5.56 Å². The molecule has 4 aromatic rings. The summed E-state index contributed by atoms with van der Waals surface area (Å²) in [5, 5.41) is 11.9. The van der Waals surface area contributed by atoms with Crippen LogP contribution in [0.1, 0.15) is 47.7 Å². The smallest absolute Gasteiger partial charge is 0.336 e. The average molecular weight is 455 g/mol. The third kappa shape index (κ3) is 3.57. The van der Waals surface area contributed by atoms with E-state index >= 15 is 0 Å². The minimum Gasteiger partial charge on any atom is -0.508 e. The van der Waals surface area contributed by atoms with Crippen molar-refractivity contribution in [2.45, 2.75) is 56.5 Å². The van der Waals surface area contributed by atoms with Crippen LogP contribution in [0.5, 0.6) is 5.75 Å². The lowest BCUT2D eigenvalue weighted by Gasteiger charge is -2.18. The Labute approximate surface area is 186 Å². The number of aromatic hydroxyl groups is 1. The molecule has 8 heteroatoms. The van der Waals surface area contributed by atoms with Crippen molar-refractivity contribution in [3.63, 3.8) is 0 Å². The number of rotatable bonds is 4. The summed E-state index contributed by atoms with van der Waals surface area (Å²) >= 11 is 3.03. The van der Waals surface area contributed by atoms with E-state index < -0.39 is 5.63 Å². The van der Waals surface area contributed by atoms with Crippen LogP contribution < -0.4 is 11.2 Å². The van der Waals surface area contributed by atoms with Crippen molar-refractivity contribution in [2.75, 3.05) is 0 Å². The van der Waals surface area contributed by atoms with Crippen LogP contribution in [0.3, 0.4) is 0 Å². The predicted molar refractivity (Wildman–Crippen MR) is 125 cm³/mol. The van der Waals surface area contributed by atoms with E-state index in [0.29, 0.717) is 16.5 Å². The second-order valence-corrected chi connectivity index (χ2v) is 10.2. The van der Waals surface area contributed by atoms with Crippen LogP contribution in [0.25, 0.3) is 21.2 Å². The largest absolute Gasteiger partial charge is 0.508 e. The first-order valence-corrected chi connectivity index (χ1v) is 12.1. The quantitative estimate of drug-likeness (QED) is 0.256. The number of hydrogen-bond donors (Lipinski definition) is 1. The first kappa shape index (κ1) is 20.3. The van der Waals surface area contributed by atoms with Gasteiger partial charge >= 0.3 is 5.63 Å². The minimum absolute atomic E-state index is 0.0450. The van der Waals surface area contributed by atoms with Gasteiger partial charge in [-0.1, -0.05) is 24.6 Å². The van der Waals surface area contributed by atoms with Crippen molar-refractivity contribution in [3.8, 4) is 5.75 Å². The first-order chi connectivity index (χ1) is 14.9. The number of thiophene rings is 1. The summed E-state index contributed by atoms with van der Waals surface area (Å²) < 4.78 is 7.13. The number of benzene rings is 1. The molecule has 1 N–H and O–H groups in total. The van der Waals surface area contributed by atoms with Crippen molar-refractivity contribution in [3.05, 3.63) is 61.0 Å². The molecule has 0 amide bonds. The maximum Gasteiger partial charge on any atom is 0.336 e. The summed E-state index contributed by atoms with van der Waals surface area (Å²) in [7, 11) is 0. The summed E-state index contributed by atoms with van der Waals surface area (Å²) in [5.74, 6) is 0.520. The van der Waals surface area contributed by atoms with Gasteiger partial charge in [0.05, 0.1) is 5.39 Å². The molecule has 0 radical (unpaired) electrons. The molecular weight excluding hydrogens is 432 g/mol. The van der Waals surface area contributed by atoms with Gasteiger partial charge in [-0.15, -0.1) is 11.3 Å². The van der Waals surface area contributed by atoms with Crippen LogP contribution in [0.4, 0.5) is 0 Å². The third-order valence-electron chi connectivity index (χ3n) is 6.06. The second-order valence-electron chi connectivity index (χ2n) is 8.03. The highest BCUT2D eigenvalue weighted by atomic mass is 32.2. The van der Waals surface area contributed by atoms with E-state index in [0.717, 1.165) is 57.3 Å². The molecule has 1 fully saturated rings. The molecule has 0 saturated heterocycles. The SMILES string of the molecule is Cc1sc2nc(SCc3cc(=O)oc4cc(O)ccc34)n(C3CCCC3)c(=O)c2c1C. The molecule has 1 aromatic carbocycles.